The van der Waals surface area contributed by atoms with E-state index in [-0.39, 0.29) is 12.6 Å². The highest BCUT2D eigenvalue weighted by Gasteiger charge is 2.25. The maximum atomic E-state index is 8.84. The van der Waals surface area contributed by atoms with Crippen LogP contribution in [0.15, 0.2) is 0 Å². The molecule has 1 aliphatic rings. The summed E-state index contributed by atoms with van der Waals surface area (Å²) < 4.78 is 0. The fourth-order valence-corrected chi connectivity index (χ4v) is 2.00. The molecule has 2 heteroatoms. The first-order valence-electron chi connectivity index (χ1n) is 4.62. The molecule has 0 aromatic rings. The molecular formula is C9H19NO. The van der Waals surface area contributed by atoms with Crippen molar-refractivity contribution in [1.82, 2.24) is 0 Å². The van der Waals surface area contributed by atoms with Crippen molar-refractivity contribution in [1.29, 1.82) is 0 Å². The monoisotopic (exact) mass is 157 g/mol. The standard InChI is InChI=1S/C9H19NO/c1-7(9(10)6-11)8-4-2-3-5-8/h7-9,11H,2-6,10H2,1H3. The van der Waals surface area contributed by atoms with Gasteiger partial charge in [0.1, 0.15) is 0 Å². The van der Waals surface area contributed by atoms with E-state index < -0.39 is 0 Å². The third-order valence-corrected chi connectivity index (χ3v) is 3.03. The summed E-state index contributed by atoms with van der Waals surface area (Å²) in [6.07, 6.45) is 5.34. The molecule has 0 spiro atoms. The Kier molecular flexibility index (Phi) is 3.34. The van der Waals surface area contributed by atoms with Gasteiger partial charge in [0.25, 0.3) is 0 Å². The van der Waals surface area contributed by atoms with E-state index in [1.165, 1.54) is 25.7 Å². The van der Waals surface area contributed by atoms with Crippen LogP contribution >= 0.6 is 0 Å². The molecule has 2 unspecified atom stereocenters. The summed E-state index contributed by atoms with van der Waals surface area (Å²) in [5.41, 5.74) is 5.75. The number of aliphatic hydroxyl groups is 1. The van der Waals surface area contributed by atoms with E-state index in [0.29, 0.717) is 5.92 Å². The van der Waals surface area contributed by atoms with Crippen molar-refractivity contribution in [3.05, 3.63) is 0 Å². The van der Waals surface area contributed by atoms with Crippen molar-refractivity contribution < 1.29 is 5.11 Å². The van der Waals surface area contributed by atoms with Crippen molar-refractivity contribution >= 4 is 0 Å². The minimum Gasteiger partial charge on any atom is -0.395 e. The predicted octanol–water partition coefficient (Wildman–Crippen LogP) is 1.13. The Morgan fingerprint density at radius 3 is 2.45 bits per heavy atom. The van der Waals surface area contributed by atoms with E-state index in [9.17, 15) is 0 Å². The summed E-state index contributed by atoms with van der Waals surface area (Å²) in [4.78, 5) is 0. The molecule has 1 fully saturated rings. The fraction of sp³-hybridized carbons (Fsp3) is 1.00. The molecule has 0 amide bonds. The lowest BCUT2D eigenvalue weighted by atomic mass is 9.87. The Morgan fingerprint density at radius 1 is 1.45 bits per heavy atom. The van der Waals surface area contributed by atoms with Gasteiger partial charge >= 0.3 is 0 Å². The molecule has 11 heavy (non-hydrogen) atoms. The normalized spacial score (nSPS) is 25.4. The zero-order valence-electron chi connectivity index (χ0n) is 7.29. The predicted molar refractivity (Wildman–Crippen MR) is 46.2 cm³/mol. The Balaban J connectivity index is 2.32. The molecule has 0 saturated heterocycles. The molecule has 66 valence electrons. The van der Waals surface area contributed by atoms with Crippen LogP contribution < -0.4 is 5.73 Å². The number of rotatable bonds is 3. The second-order valence-corrected chi connectivity index (χ2v) is 3.75. The minimum absolute atomic E-state index is 0.00176. The van der Waals surface area contributed by atoms with E-state index in [1.807, 2.05) is 0 Å². The van der Waals surface area contributed by atoms with Gasteiger partial charge in [0.05, 0.1) is 6.61 Å². The molecule has 2 atom stereocenters. The first kappa shape index (κ1) is 9.01. The topological polar surface area (TPSA) is 46.2 Å². The average Bonchev–Trinajstić information content (AvgIpc) is 2.53. The van der Waals surface area contributed by atoms with Gasteiger partial charge in [0.2, 0.25) is 0 Å². The van der Waals surface area contributed by atoms with Crippen LogP contribution in [-0.2, 0) is 0 Å². The van der Waals surface area contributed by atoms with Crippen molar-refractivity contribution in [3.8, 4) is 0 Å². The molecule has 2 nitrogen and oxygen atoms in total. The Hall–Kier alpha value is -0.0800. The van der Waals surface area contributed by atoms with E-state index in [4.69, 9.17) is 10.8 Å². The van der Waals surface area contributed by atoms with Crippen LogP contribution in [0.4, 0.5) is 0 Å². The van der Waals surface area contributed by atoms with Gasteiger partial charge in [-0.2, -0.15) is 0 Å². The highest BCUT2D eigenvalue weighted by atomic mass is 16.3. The van der Waals surface area contributed by atoms with Crippen LogP contribution in [-0.4, -0.2) is 17.8 Å². The van der Waals surface area contributed by atoms with Crippen molar-refractivity contribution in [2.24, 2.45) is 17.6 Å². The zero-order chi connectivity index (χ0) is 8.27. The van der Waals surface area contributed by atoms with Gasteiger partial charge in [-0.25, -0.2) is 0 Å². The maximum absolute atomic E-state index is 8.84. The van der Waals surface area contributed by atoms with Gasteiger partial charge in [0.15, 0.2) is 0 Å². The second kappa shape index (κ2) is 4.07. The maximum Gasteiger partial charge on any atom is 0.0585 e. The summed E-state index contributed by atoms with van der Waals surface area (Å²) in [6.45, 7) is 2.30. The van der Waals surface area contributed by atoms with Crippen molar-refractivity contribution in [2.75, 3.05) is 6.61 Å². The van der Waals surface area contributed by atoms with Gasteiger partial charge in [-0.1, -0.05) is 32.6 Å². The quantitative estimate of drug-likeness (QED) is 0.645. The molecule has 1 aliphatic carbocycles. The first-order valence-corrected chi connectivity index (χ1v) is 4.62. The Morgan fingerprint density at radius 2 is 2.00 bits per heavy atom. The van der Waals surface area contributed by atoms with Crippen molar-refractivity contribution in [3.63, 3.8) is 0 Å². The molecule has 0 aromatic heterocycles. The van der Waals surface area contributed by atoms with Gasteiger partial charge in [-0.3, -0.25) is 0 Å². The van der Waals surface area contributed by atoms with Gasteiger partial charge in [0, 0.05) is 6.04 Å². The third kappa shape index (κ3) is 2.17. The largest absolute Gasteiger partial charge is 0.395 e. The van der Waals surface area contributed by atoms with Gasteiger partial charge in [-0.15, -0.1) is 0 Å². The summed E-state index contributed by atoms with van der Waals surface area (Å²) in [5.74, 6) is 1.28. The van der Waals surface area contributed by atoms with Gasteiger partial charge in [-0.05, 0) is 11.8 Å². The smallest absolute Gasteiger partial charge is 0.0585 e. The summed E-state index contributed by atoms with van der Waals surface area (Å²) in [5, 5.41) is 8.84. The lowest BCUT2D eigenvalue weighted by molar-refractivity contribution is 0.198. The molecule has 0 bridgehead atoms. The summed E-state index contributed by atoms with van der Waals surface area (Å²) in [6, 6.07) is -0.00176. The number of aliphatic hydroxyl groups excluding tert-OH is 1. The second-order valence-electron chi connectivity index (χ2n) is 3.75. The first-order chi connectivity index (χ1) is 5.25. The summed E-state index contributed by atoms with van der Waals surface area (Å²) in [7, 11) is 0. The molecule has 3 N–H and O–H groups in total. The Bertz CT molecular complexity index is 110. The SMILES string of the molecule is CC(C(N)CO)C1CCCC1. The number of hydrogen-bond acceptors (Lipinski definition) is 2. The summed E-state index contributed by atoms with van der Waals surface area (Å²) >= 11 is 0. The molecule has 0 aromatic carbocycles. The lowest BCUT2D eigenvalue weighted by Gasteiger charge is -2.23. The van der Waals surface area contributed by atoms with Crippen LogP contribution in [0.5, 0.6) is 0 Å². The lowest BCUT2D eigenvalue weighted by Crippen LogP contribution is -2.35. The Labute approximate surface area is 68.8 Å². The van der Waals surface area contributed by atoms with E-state index in [2.05, 4.69) is 6.92 Å². The highest BCUT2D eigenvalue weighted by molar-refractivity contribution is 4.79. The van der Waals surface area contributed by atoms with Crippen LogP contribution in [0.1, 0.15) is 32.6 Å². The molecule has 1 saturated carbocycles. The molecule has 0 aliphatic heterocycles. The van der Waals surface area contributed by atoms with E-state index >= 15 is 0 Å². The highest BCUT2D eigenvalue weighted by Crippen LogP contribution is 2.32. The van der Waals surface area contributed by atoms with Crippen LogP contribution in [0, 0.1) is 11.8 Å². The van der Waals surface area contributed by atoms with E-state index in [1.54, 1.807) is 0 Å². The van der Waals surface area contributed by atoms with E-state index in [0.717, 1.165) is 5.92 Å². The van der Waals surface area contributed by atoms with Gasteiger partial charge < -0.3 is 10.8 Å². The zero-order valence-corrected chi connectivity index (χ0v) is 7.29. The van der Waals surface area contributed by atoms with Crippen molar-refractivity contribution in [2.45, 2.75) is 38.6 Å². The van der Waals surface area contributed by atoms with Crippen LogP contribution in [0.3, 0.4) is 0 Å². The number of nitrogens with two attached hydrogens (primary N) is 1. The fourth-order valence-electron chi connectivity index (χ4n) is 2.00. The average molecular weight is 157 g/mol. The van der Waals surface area contributed by atoms with Crippen LogP contribution in [0.2, 0.25) is 0 Å². The third-order valence-electron chi connectivity index (χ3n) is 3.03. The van der Waals surface area contributed by atoms with Crippen LogP contribution in [0.25, 0.3) is 0 Å². The molecule has 1 rings (SSSR count). The molecule has 0 radical (unpaired) electrons. The minimum atomic E-state index is -0.00176. The molecular weight excluding hydrogens is 138 g/mol. The number of hydrogen-bond donors (Lipinski definition) is 2. The molecule has 0 heterocycles.